The summed E-state index contributed by atoms with van der Waals surface area (Å²) in [6, 6.07) is 18.6. The molecule has 4 rings (SSSR count). The first-order chi connectivity index (χ1) is 15.4. The van der Waals surface area contributed by atoms with Gasteiger partial charge in [-0.15, -0.1) is 0 Å². The molecule has 0 aliphatic heterocycles. The predicted molar refractivity (Wildman–Crippen MR) is 139 cm³/mol. The van der Waals surface area contributed by atoms with Gasteiger partial charge in [-0.3, -0.25) is 0 Å². The van der Waals surface area contributed by atoms with Crippen molar-refractivity contribution < 1.29 is 20.4 Å². The van der Waals surface area contributed by atoms with Crippen molar-refractivity contribution in [2.45, 2.75) is 70.6 Å². The first kappa shape index (κ1) is 23.9. The molecular formula is C30H38SiZr. The van der Waals surface area contributed by atoms with Crippen LogP contribution in [-0.2, 0) is 26.8 Å². The molecule has 166 valence electrons. The summed E-state index contributed by atoms with van der Waals surface area (Å²) in [7, 11) is 0. The maximum atomic E-state index is 2.73. The Labute approximate surface area is 203 Å². The van der Waals surface area contributed by atoms with Crippen LogP contribution in [0.15, 0.2) is 74.6 Å². The standard InChI is InChI=1S/C19H19.C9H13.C2H6Si.Zr/c1-2-3-8-15-9-4-6-11-17(15)19-14-13-16-10-5-7-12-18(16)19;1-6-5-7(2)9(4)8(6)3;1-3-2;/h4-7,9-14H,2-3,8H2,1H3;6H,1-4H3;1-2H3;. The molecule has 2 aromatic carbocycles. The van der Waals surface area contributed by atoms with E-state index in [-0.39, 0.29) is 5.43 Å². The van der Waals surface area contributed by atoms with Gasteiger partial charge >= 0.3 is 205 Å². The molecule has 2 aliphatic carbocycles. The third kappa shape index (κ3) is 4.19. The van der Waals surface area contributed by atoms with Crippen molar-refractivity contribution in [3.8, 4) is 0 Å². The molecule has 0 fully saturated rings. The SMILES string of the molecule is CCCCc1ccccc1C1=C[CH]([Zr]([C]2=C(C)C(C)=C(C)C2C)=[Si](C)C)c2ccccc21. The van der Waals surface area contributed by atoms with E-state index in [2.05, 4.69) is 102 Å². The van der Waals surface area contributed by atoms with Gasteiger partial charge in [0.1, 0.15) is 0 Å². The van der Waals surface area contributed by atoms with Crippen LogP contribution in [0, 0.1) is 5.92 Å². The van der Waals surface area contributed by atoms with Gasteiger partial charge in [-0.2, -0.15) is 0 Å². The second-order valence-electron chi connectivity index (χ2n) is 9.89. The summed E-state index contributed by atoms with van der Waals surface area (Å²) in [4.78, 5) is 0. The Bertz CT molecular complexity index is 1170. The molecule has 0 N–H and O–H groups in total. The molecule has 0 aromatic heterocycles. The van der Waals surface area contributed by atoms with Gasteiger partial charge in [-0.25, -0.2) is 0 Å². The second kappa shape index (κ2) is 9.94. The third-order valence-electron chi connectivity index (χ3n) is 7.81. The van der Waals surface area contributed by atoms with Gasteiger partial charge in [0.2, 0.25) is 0 Å². The Kier molecular flexibility index (Phi) is 7.43. The minimum absolute atomic E-state index is 0.353. The molecule has 32 heavy (non-hydrogen) atoms. The van der Waals surface area contributed by atoms with Gasteiger partial charge in [0.05, 0.1) is 0 Å². The Morgan fingerprint density at radius 3 is 2.16 bits per heavy atom. The summed E-state index contributed by atoms with van der Waals surface area (Å²) in [5.74, 6) is 0.658. The molecule has 0 nitrogen and oxygen atoms in total. The number of hydrogen-bond acceptors (Lipinski definition) is 0. The number of aryl methyl sites for hydroxylation is 1. The summed E-state index contributed by atoms with van der Waals surface area (Å²) in [5.41, 5.74) is 12.2. The van der Waals surface area contributed by atoms with Crippen LogP contribution in [0.3, 0.4) is 0 Å². The number of hydrogen-bond donors (Lipinski definition) is 0. The summed E-state index contributed by atoms with van der Waals surface area (Å²) >= 11 is -1.93. The van der Waals surface area contributed by atoms with E-state index >= 15 is 0 Å². The van der Waals surface area contributed by atoms with Crippen LogP contribution in [0.4, 0.5) is 0 Å². The Morgan fingerprint density at radius 1 is 0.875 bits per heavy atom. The summed E-state index contributed by atoms with van der Waals surface area (Å²) in [6.07, 6.45) is 6.43. The molecular weight excluding hydrogens is 480 g/mol. The molecule has 0 bridgehead atoms. The van der Waals surface area contributed by atoms with Crippen molar-refractivity contribution in [2.75, 3.05) is 0 Å². The van der Waals surface area contributed by atoms with E-state index in [4.69, 9.17) is 0 Å². The van der Waals surface area contributed by atoms with E-state index in [0.29, 0.717) is 9.54 Å². The first-order valence-corrected chi connectivity index (χ1v) is 21.2. The molecule has 0 heterocycles. The molecule has 2 aliphatic rings. The van der Waals surface area contributed by atoms with Crippen LogP contribution in [0.2, 0.25) is 13.1 Å². The van der Waals surface area contributed by atoms with Crippen LogP contribution < -0.4 is 0 Å². The Morgan fingerprint density at radius 2 is 1.53 bits per heavy atom. The molecule has 0 saturated heterocycles. The fourth-order valence-electron chi connectivity index (χ4n) is 5.75. The monoisotopic (exact) mass is 516 g/mol. The minimum atomic E-state index is -1.93. The van der Waals surface area contributed by atoms with Crippen LogP contribution in [-0.4, -0.2) is 5.43 Å². The van der Waals surface area contributed by atoms with Crippen LogP contribution in [0.5, 0.6) is 0 Å². The van der Waals surface area contributed by atoms with E-state index in [1.807, 2.05) is 3.28 Å². The first-order valence-electron chi connectivity index (χ1n) is 12.3. The number of rotatable bonds is 6. The van der Waals surface area contributed by atoms with Crippen molar-refractivity contribution in [3.63, 3.8) is 0 Å². The van der Waals surface area contributed by atoms with E-state index < -0.39 is 20.4 Å². The van der Waals surface area contributed by atoms with E-state index in [0.717, 1.165) is 0 Å². The molecule has 0 amide bonds. The van der Waals surface area contributed by atoms with Gasteiger partial charge in [0, 0.05) is 0 Å². The summed E-state index contributed by atoms with van der Waals surface area (Å²) < 4.78 is 2.59. The third-order valence-corrected chi connectivity index (χ3v) is 26.4. The fraction of sp³-hybridized carbons (Fsp3) is 0.400. The average molecular weight is 518 g/mol. The number of benzene rings is 2. The molecule has 0 saturated carbocycles. The van der Waals surface area contributed by atoms with Crippen molar-refractivity contribution >= 4 is 11.0 Å². The normalized spacial score (nSPS) is 20.0. The van der Waals surface area contributed by atoms with Crippen LogP contribution in [0.1, 0.15) is 73.3 Å². The second-order valence-corrected chi connectivity index (χ2v) is 27.3. The van der Waals surface area contributed by atoms with E-state index in [1.54, 1.807) is 22.3 Å². The summed E-state index contributed by atoms with van der Waals surface area (Å²) in [5, 5.41) is 0. The van der Waals surface area contributed by atoms with Crippen molar-refractivity contribution in [2.24, 2.45) is 5.92 Å². The number of fused-ring (bicyclic) bond motifs is 1. The van der Waals surface area contributed by atoms with Crippen molar-refractivity contribution in [1.82, 2.24) is 0 Å². The summed E-state index contributed by atoms with van der Waals surface area (Å²) in [6.45, 7) is 17.2. The molecule has 2 heteroatoms. The number of allylic oxidation sites excluding steroid dienone is 5. The van der Waals surface area contributed by atoms with Gasteiger partial charge in [0.15, 0.2) is 0 Å². The molecule has 0 spiro atoms. The molecule has 2 unspecified atom stereocenters. The quantitative estimate of drug-likeness (QED) is 0.336. The predicted octanol–water partition coefficient (Wildman–Crippen LogP) is 8.65. The topological polar surface area (TPSA) is 0 Å². The fourth-order valence-corrected chi connectivity index (χ4v) is 25.4. The zero-order valence-corrected chi connectivity index (χ0v) is 24.4. The maximum absolute atomic E-state index is 2.73. The zero-order chi connectivity index (χ0) is 23.0. The molecule has 2 atom stereocenters. The Balaban J connectivity index is 1.88. The molecule has 2 aromatic rings. The number of unbranched alkanes of at least 4 members (excludes halogenated alkanes) is 1. The van der Waals surface area contributed by atoms with Gasteiger partial charge in [-0.1, -0.05) is 0 Å². The van der Waals surface area contributed by atoms with Crippen molar-refractivity contribution in [1.29, 1.82) is 0 Å². The Hall–Kier alpha value is -1.24. The van der Waals surface area contributed by atoms with Gasteiger partial charge in [-0.05, 0) is 0 Å². The average Bonchev–Trinajstić information content (AvgIpc) is 3.25. The van der Waals surface area contributed by atoms with Gasteiger partial charge < -0.3 is 0 Å². The van der Waals surface area contributed by atoms with Gasteiger partial charge in [0.25, 0.3) is 0 Å². The zero-order valence-electron chi connectivity index (χ0n) is 21.0. The van der Waals surface area contributed by atoms with Crippen LogP contribution in [0.25, 0.3) is 5.57 Å². The van der Waals surface area contributed by atoms with Crippen LogP contribution >= 0.6 is 0 Å². The van der Waals surface area contributed by atoms with E-state index in [1.165, 1.54) is 41.5 Å². The van der Waals surface area contributed by atoms with Crippen molar-refractivity contribution in [3.05, 3.63) is 96.9 Å². The molecule has 0 radical (unpaired) electrons. The van der Waals surface area contributed by atoms with E-state index in [9.17, 15) is 0 Å².